The summed E-state index contributed by atoms with van der Waals surface area (Å²) in [6.45, 7) is 13.3. The zero-order valence-electron chi connectivity index (χ0n) is 21.9. The average molecular weight is 523 g/mol. The topological polar surface area (TPSA) is 101 Å². The van der Waals surface area contributed by atoms with Crippen molar-refractivity contribution in [2.45, 2.75) is 53.1 Å². The normalized spacial score (nSPS) is 14.7. The Morgan fingerprint density at radius 1 is 1.14 bits per heavy atom. The summed E-state index contributed by atoms with van der Waals surface area (Å²) in [6.07, 6.45) is 5.01. The van der Waals surface area contributed by atoms with Gasteiger partial charge >= 0.3 is 0 Å². The second-order valence-electron chi connectivity index (χ2n) is 11.3. The van der Waals surface area contributed by atoms with Crippen LogP contribution in [0.1, 0.15) is 58.7 Å². The molecular weight excluding hydrogens is 491 g/mol. The molecule has 0 bridgehead atoms. The van der Waals surface area contributed by atoms with Crippen LogP contribution >= 0.6 is 11.6 Å². The molecule has 1 aromatic carbocycles. The molecular formula is C27H32ClFN8. The number of pyridine rings is 2. The number of hydrogen-bond donors (Lipinski definition) is 4. The van der Waals surface area contributed by atoms with E-state index in [-0.39, 0.29) is 11.0 Å². The van der Waals surface area contributed by atoms with Gasteiger partial charge in [0, 0.05) is 41.8 Å². The first-order valence-corrected chi connectivity index (χ1v) is 12.4. The minimum absolute atomic E-state index is 0.00476. The first-order valence-electron chi connectivity index (χ1n) is 12.0. The Morgan fingerprint density at radius 2 is 1.89 bits per heavy atom. The lowest BCUT2D eigenvalue weighted by molar-refractivity contribution is 0.138. The number of hydrogen-bond acceptors (Lipinski definition) is 8. The molecule has 0 saturated heterocycles. The van der Waals surface area contributed by atoms with Gasteiger partial charge in [-0.1, -0.05) is 38.4 Å². The van der Waals surface area contributed by atoms with Gasteiger partial charge in [-0.15, -0.1) is 5.53 Å². The molecule has 0 spiro atoms. The Kier molecular flexibility index (Phi) is 7.18. The van der Waals surface area contributed by atoms with E-state index in [1.54, 1.807) is 18.3 Å². The van der Waals surface area contributed by atoms with E-state index >= 15 is 0 Å². The van der Waals surface area contributed by atoms with Crippen LogP contribution in [0.25, 0.3) is 10.9 Å². The zero-order valence-corrected chi connectivity index (χ0v) is 22.6. The summed E-state index contributed by atoms with van der Waals surface area (Å²) >= 11 is 6.69. The standard InChI is InChI=1S/C27H32ClFN8/c1-26(2,3)15-33-23-17(11-30)13-32-25-19(23)9-18(10-20(25)28)34-24(16-7-8-22(29)31-12-16)21-14-37(36-35-21)27(4,5)6/h7-10,12-14,24,34-36H,15H2,1-6H3,(H,32,33)/t24-/m1/s1. The highest BCUT2D eigenvalue weighted by Gasteiger charge is 2.28. The van der Waals surface area contributed by atoms with Gasteiger partial charge in [0.1, 0.15) is 6.07 Å². The molecule has 1 aliphatic rings. The first kappa shape index (κ1) is 26.5. The molecule has 0 aliphatic carbocycles. The largest absolute Gasteiger partial charge is 0.383 e. The Labute approximate surface area is 221 Å². The molecule has 0 radical (unpaired) electrons. The summed E-state index contributed by atoms with van der Waals surface area (Å²) in [6, 6.07) is 8.58. The van der Waals surface area contributed by atoms with Crippen molar-refractivity contribution in [3.8, 4) is 6.07 Å². The van der Waals surface area contributed by atoms with Crippen LogP contribution < -0.4 is 21.6 Å². The van der Waals surface area contributed by atoms with Crippen molar-refractivity contribution in [1.82, 2.24) is 25.9 Å². The summed E-state index contributed by atoms with van der Waals surface area (Å²) in [4.78, 5) is 8.30. The maximum absolute atomic E-state index is 13.6. The highest BCUT2D eigenvalue weighted by atomic mass is 35.5. The molecule has 194 valence electrons. The van der Waals surface area contributed by atoms with Crippen molar-refractivity contribution < 1.29 is 4.39 Å². The van der Waals surface area contributed by atoms with Gasteiger partial charge in [-0.2, -0.15) is 9.65 Å². The summed E-state index contributed by atoms with van der Waals surface area (Å²) < 4.78 is 13.6. The zero-order chi connectivity index (χ0) is 27.0. The average Bonchev–Trinajstić information content (AvgIpc) is 3.32. The summed E-state index contributed by atoms with van der Waals surface area (Å²) in [5, 5.41) is 19.8. The van der Waals surface area contributed by atoms with Gasteiger partial charge in [0.05, 0.1) is 33.5 Å². The maximum Gasteiger partial charge on any atom is 0.212 e. The summed E-state index contributed by atoms with van der Waals surface area (Å²) in [5.74, 6) is -0.552. The molecule has 0 saturated carbocycles. The van der Waals surface area contributed by atoms with E-state index in [4.69, 9.17) is 11.6 Å². The molecule has 10 heteroatoms. The van der Waals surface area contributed by atoms with E-state index in [1.807, 2.05) is 17.3 Å². The number of nitrogens with one attached hydrogen (secondary N) is 4. The highest BCUT2D eigenvalue weighted by Crippen LogP contribution is 2.36. The molecule has 3 aromatic rings. The minimum Gasteiger partial charge on any atom is -0.383 e. The number of aromatic nitrogens is 2. The monoisotopic (exact) mass is 522 g/mol. The van der Waals surface area contributed by atoms with Crippen molar-refractivity contribution >= 4 is 33.9 Å². The van der Waals surface area contributed by atoms with Crippen molar-refractivity contribution in [2.75, 3.05) is 17.2 Å². The van der Waals surface area contributed by atoms with Gasteiger partial charge in [-0.25, -0.2) is 4.98 Å². The summed E-state index contributed by atoms with van der Waals surface area (Å²) in [5.41, 5.74) is 10.2. The van der Waals surface area contributed by atoms with Crippen molar-refractivity contribution in [1.29, 1.82) is 5.26 Å². The molecule has 0 fully saturated rings. The number of benzene rings is 1. The van der Waals surface area contributed by atoms with Gasteiger partial charge in [-0.05, 0) is 49.9 Å². The molecule has 1 aliphatic heterocycles. The van der Waals surface area contributed by atoms with Crippen LogP contribution in [-0.4, -0.2) is 27.1 Å². The number of halogens is 2. The van der Waals surface area contributed by atoms with E-state index in [1.165, 1.54) is 12.3 Å². The molecule has 4 rings (SSSR count). The molecule has 2 aromatic heterocycles. The van der Waals surface area contributed by atoms with Crippen LogP contribution in [0.4, 0.5) is 15.8 Å². The maximum atomic E-state index is 13.6. The predicted molar refractivity (Wildman–Crippen MR) is 146 cm³/mol. The Balaban J connectivity index is 1.79. The fourth-order valence-corrected chi connectivity index (χ4v) is 4.14. The molecule has 1 atom stereocenters. The molecule has 4 N–H and O–H groups in total. The van der Waals surface area contributed by atoms with E-state index < -0.39 is 12.0 Å². The smallest absolute Gasteiger partial charge is 0.212 e. The van der Waals surface area contributed by atoms with E-state index in [0.29, 0.717) is 34.0 Å². The number of rotatable bonds is 6. The van der Waals surface area contributed by atoms with Gasteiger partial charge in [0.25, 0.3) is 0 Å². The lowest BCUT2D eigenvalue weighted by Crippen LogP contribution is -2.47. The van der Waals surface area contributed by atoms with Gasteiger partial charge < -0.3 is 16.1 Å². The molecule has 0 amide bonds. The van der Waals surface area contributed by atoms with Crippen molar-refractivity contribution in [3.63, 3.8) is 0 Å². The number of anilines is 2. The molecule has 3 heterocycles. The van der Waals surface area contributed by atoms with Gasteiger partial charge in [0.2, 0.25) is 5.95 Å². The SMILES string of the molecule is CC(C)(C)CNc1c(C#N)cnc2c(Cl)cc(N[C@@H](C3=CN(C(C)(C)C)NN3)c3ccc(F)nc3)cc12. The van der Waals surface area contributed by atoms with Crippen LogP contribution in [0, 0.1) is 22.7 Å². The molecule has 37 heavy (non-hydrogen) atoms. The number of fused-ring (bicyclic) bond motifs is 1. The Hall–Kier alpha value is -3.61. The molecule has 0 unspecified atom stereocenters. The van der Waals surface area contributed by atoms with Gasteiger partial charge in [0.15, 0.2) is 0 Å². The van der Waals surface area contributed by atoms with E-state index in [2.05, 4.69) is 79.2 Å². The Morgan fingerprint density at radius 3 is 2.49 bits per heavy atom. The lowest BCUT2D eigenvalue weighted by Gasteiger charge is -2.30. The Bertz CT molecular complexity index is 1370. The third-order valence-corrected chi connectivity index (χ3v) is 6.15. The number of nitriles is 1. The third-order valence-electron chi connectivity index (χ3n) is 5.86. The summed E-state index contributed by atoms with van der Waals surface area (Å²) in [7, 11) is 0. The van der Waals surface area contributed by atoms with Gasteiger partial charge in [-0.3, -0.25) is 9.99 Å². The predicted octanol–water partition coefficient (Wildman–Crippen LogP) is 5.87. The fourth-order valence-electron chi connectivity index (χ4n) is 3.87. The van der Waals surface area contributed by atoms with E-state index in [9.17, 15) is 9.65 Å². The van der Waals surface area contributed by atoms with Crippen LogP contribution in [0.2, 0.25) is 5.02 Å². The third kappa shape index (κ3) is 6.04. The van der Waals surface area contributed by atoms with E-state index in [0.717, 1.165) is 16.6 Å². The lowest BCUT2D eigenvalue weighted by atomic mass is 9.96. The number of hydrazine groups is 2. The van der Waals surface area contributed by atoms with Crippen molar-refractivity contribution in [2.24, 2.45) is 5.41 Å². The van der Waals surface area contributed by atoms with Crippen molar-refractivity contribution in [3.05, 3.63) is 70.7 Å². The second kappa shape index (κ2) is 10.0. The quantitative estimate of drug-likeness (QED) is 0.298. The van der Waals surface area contributed by atoms with Crippen LogP contribution in [0.5, 0.6) is 0 Å². The van der Waals surface area contributed by atoms with Crippen LogP contribution in [0.3, 0.4) is 0 Å². The fraction of sp³-hybridized carbons (Fsp3) is 0.370. The van der Waals surface area contributed by atoms with Crippen LogP contribution in [-0.2, 0) is 0 Å². The van der Waals surface area contributed by atoms with Crippen LogP contribution in [0.15, 0.2) is 48.6 Å². The number of nitrogens with zero attached hydrogens (tertiary/aromatic N) is 4. The molecule has 8 nitrogen and oxygen atoms in total. The minimum atomic E-state index is -0.552. The highest BCUT2D eigenvalue weighted by molar-refractivity contribution is 6.35. The second-order valence-corrected chi connectivity index (χ2v) is 11.7. The first-order chi connectivity index (χ1) is 17.4.